The second-order valence-electron chi connectivity index (χ2n) is 12.3. The first-order valence-electron chi connectivity index (χ1n) is 15.9. The number of aryl methyl sites for hydroxylation is 2. The molecule has 1 amide bonds. The van der Waals surface area contributed by atoms with E-state index in [-0.39, 0.29) is 27.9 Å². The zero-order chi connectivity index (χ0) is 34.9. The van der Waals surface area contributed by atoms with Gasteiger partial charge in [-0.15, -0.1) is 0 Å². The van der Waals surface area contributed by atoms with Crippen LogP contribution in [-0.4, -0.2) is 51.6 Å². The molecule has 3 aromatic carbocycles. The number of carbonyl (C=O) groups is 2. The van der Waals surface area contributed by atoms with Crippen molar-refractivity contribution >= 4 is 39.3 Å². The number of aromatic nitrogens is 3. The topological polar surface area (TPSA) is 114 Å². The van der Waals surface area contributed by atoms with Crippen molar-refractivity contribution in [3.8, 4) is 17.2 Å². The third-order valence-corrected chi connectivity index (χ3v) is 9.17. The lowest BCUT2D eigenvalue weighted by Gasteiger charge is -2.27. The smallest absolute Gasteiger partial charge is 0.381 e. The number of hydrogen-bond acceptors (Lipinski definition) is 6. The van der Waals surface area contributed by atoms with E-state index in [9.17, 15) is 28.0 Å². The molecule has 2 aromatic heterocycles. The monoisotopic (exact) mass is 668 g/mol. The van der Waals surface area contributed by atoms with Gasteiger partial charge in [-0.1, -0.05) is 24.3 Å². The molecule has 9 nitrogen and oxygen atoms in total. The number of rotatable bonds is 9. The number of fused-ring (bicyclic) bond motifs is 2. The quantitative estimate of drug-likeness (QED) is 0.131. The minimum atomic E-state index is -4.64. The Bertz CT molecular complexity index is 2130. The van der Waals surface area contributed by atoms with E-state index >= 15 is 0 Å². The predicted octanol–water partition coefficient (Wildman–Crippen LogP) is 6.90. The van der Waals surface area contributed by atoms with Crippen LogP contribution in [0.4, 0.5) is 18.9 Å². The Morgan fingerprint density at radius 2 is 1.84 bits per heavy atom. The van der Waals surface area contributed by atoms with Crippen LogP contribution in [0.2, 0.25) is 0 Å². The number of ketones is 1. The number of alkyl halides is 3. The first-order valence-corrected chi connectivity index (χ1v) is 15.9. The van der Waals surface area contributed by atoms with Gasteiger partial charge in [-0.25, -0.2) is 4.98 Å². The summed E-state index contributed by atoms with van der Waals surface area (Å²) in [6.45, 7) is 0.524. The highest BCUT2D eigenvalue weighted by molar-refractivity contribution is 6.18. The first-order chi connectivity index (χ1) is 23.5. The Hall–Kier alpha value is -5.25. The Labute approximate surface area is 281 Å². The van der Waals surface area contributed by atoms with E-state index in [0.29, 0.717) is 46.2 Å². The minimum Gasteiger partial charge on any atom is -0.381 e. The molecule has 1 fully saturated rings. The lowest BCUT2D eigenvalue weighted by molar-refractivity contribution is -0.137. The number of halogens is 3. The molecule has 252 valence electrons. The number of anilines is 1. The summed E-state index contributed by atoms with van der Waals surface area (Å²) < 4.78 is 51.6. The molecule has 49 heavy (non-hydrogen) atoms. The van der Waals surface area contributed by atoms with Gasteiger partial charge in [0.1, 0.15) is 6.07 Å². The average Bonchev–Trinajstić information content (AvgIpc) is 3.64. The summed E-state index contributed by atoms with van der Waals surface area (Å²) in [4.78, 5) is 30.7. The van der Waals surface area contributed by atoms with Crippen LogP contribution < -0.4 is 10.6 Å². The Morgan fingerprint density at radius 1 is 1.06 bits per heavy atom. The standard InChI is InChI=1S/C37H35F3N6O3/c1-45-20-29(27-7-4-6-26(35(27)45)28-17-32-33(46(2)21-43-32)18-30(28)37(38,39)40)36(48)22-9-14-31(23(16-22)19-41)44-34(47)8-5-15-42-24-10-12-25(49-3)13-11-24/h4-9,14,16-18,20-21,24-25,42H,10-13,15H2,1-3H3,(H,44,47)/b8-5+. The van der Waals surface area contributed by atoms with E-state index in [1.165, 1.54) is 41.2 Å². The minimum absolute atomic E-state index is 0.0459. The first kappa shape index (κ1) is 33.6. The van der Waals surface area contributed by atoms with Crippen molar-refractivity contribution in [2.75, 3.05) is 19.0 Å². The molecule has 5 aromatic rings. The van der Waals surface area contributed by atoms with Crippen molar-refractivity contribution in [1.29, 1.82) is 5.26 Å². The molecule has 0 atom stereocenters. The number of para-hydroxylation sites is 1. The molecule has 0 spiro atoms. The maximum atomic E-state index is 14.4. The van der Waals surface area contributed by atoms with Gasteiger partial charge in [0.15, 0.2) is 5.78 Å². The SMILES string of the molecule is COC1CCC(NC/C=C/C(=O)Nc2ccc(C(=O)c3cn(C)c4c(-c5cc6ncn(C)c6cc5C(F)(F)F)cccc34)cc2C#N)CC1. The number of methoxy groups -OCH3 is 1. The summed E-state index contributed by atoms with van der Waals surface area (Å²) in [6.07, 6.45) is 5.86. The molecule has 0 saturated heterocycles. The second kappa shape index (κ2) is 13.7. The number of nitrogens with zero attached hydrogens (tertiary/aromatic N) is 4. The van der Waals surface area contributed by atoms with Gasteiger partial charge < -0.3 is 24.5 Å². The molecule has 0 bridgehead atoms. The molecule has 6 rings (SSSR count). The number of nitriles is 1. The molecular formula is C37H35F3N6O3. The number of amides is 1. The third kappa shape index (κ3) is 6.86. The maximum Gasteiger partial charge on any atom is 0.417 e. The highest BCUT2D eigenvalue weighted by Gasteiger charge is 2.35. The van der Waals surface area contributed by atoms with Gasteiger partial charge in [0.25, 0.3) is 0 Å². The van der Waals surface area contributed by atoms with E-state index in [2.05, 4.69) is 15.6 Å². The molecule has 0 unspecified atom stereocenters. The van der Waals surface area contributed by atoms with Crippen LogP contribution in [-0.2, 0) is 29.8 Å². The van der Waals surface area contributed by atoms with Crippen molar-refractivity contribution in [2.45, 2.75) is 44.0 Å². The third-order valence-electron chi connectivity index (χ3n) is 9.17. The lowest BCUT2D eigenvalue weighted by Crippen LogP contribution is -2.35. The van der Waals surface area contributed by atoms with Gasteiger partial charge in [-0.05, 0) is 61.6 Å². The molecule has 0 aliphatic heterocycles. The van der Waals surface area contributed by atoms with Crippen LogP contribution in [0.15, 0.2) is 73.2 Å². The fourth-order valence-corrected chi connectivity index (χ4v) is 6.62. The van der Waals surface area contributed by atoms with Crippen molar-refractivity contribution in [2.24, 2.45) is 14.1 Å². The number of benzene rings is 3. The number of carbonyl (C=O) groups excluding carboxylic acids is 2. The highest BCUT2D eigenvalue weighted by Crippen LogP contribution is 2.42. The summed E-state index contributed by atoms with van der Waals surface area (Å²) >= 11 is 0. The maximum absolute atomic E-state index is 14.4. The van der Waals surface area contributed by atoms with E-state index in [1.54, 1.807) is 56.2 Å². The van der Waals surface area contributed by atoms with E-state index < -0.39 is 23.4 Å². The Balaban J connectivity index is 1.23. The highest BCUT2D eigenvalue weighted by atomic mass is 19.4. The normalized spacial score (nSPS) is 16.8. The van der Waals surface area contributed by atoms with Crippen LogP contribution in [0.1, 0.15) is 52.7 Å². The fraction of sp³-hybridized carbons (Fsp3) is 0.297. The summed E-state index contributed by atoms with van der Waals surface area (Å²) in [5.41, 5.74) is 1.47. The Kier molecular flexibility index (Phi) is 9.41. The van der Waals surface area contributed by atoms with Crippen molar-refractivity contribution in [3.05, 3.63) is 95.5 Å². The summed E-state index contributed by atoms with van der Waals surface area (Å²) in [7, 11) is 5.04. The van der Waals surface area contributed by atoms with Crippen LogP contribution >= 0.6 is 0 Å². The molecule has 12 heteroatoms. The van der Waals surface area contributed by atoms with Crippen molar-refractivity contribution < 1.29 is 27.5 Å². The second-order valence-corrected chi connectivity index (χ2v) is 12.3. The number of imidazole rings is 1. The molecule has 2 heterocycles. The zero-order valence-corrected chi connectivity index (χ0v) is 27.3. The van der Waals surface area contributed by atoms with Gasteiger partial charge in [0.05, 0.1) is 45.8 Å². The van der Waals surface area contributed by atoms with Crippen LogP contribution in [0, 0.1) is 11.3 Å². The summed E-state index contributed by atoms with van der Waals surface area (Å²) in [5, 5.41) is 16.4. The van der Waals surface area contributed by atoms with E-state index in [0.717, 1.165) is 31.7 Å². The van der Waals surface area contributed by atoms with Crippen LogP contribution in [0.3, 0.4) is 0 Å². The van der Waals surface area contributed by atoms with Crippen LogP contribution in [0.25, 0.3) is 33.1 Å². The van der Waals surface area contributed by atoms with E-state index in [1.807, 2.05) is 6.07 Å². The summed E-state index contributed by atoms with van der Waals surface area (Å²) in [5.74, 6) is -0.831. The lowest BCUT2D eigenvalue weighted by atomic mass is 9.93. The number of hydrogen-bond donors (Lipinski definition) is 2. The van der Waals surface area contributed by atoms with Crippen LogP contribution in [0.5, 0.6) is 0 Å². The van der Waals surface area contributed by atoms with Gasteiger partial charge in [-0.3, -0.25) is 9.59 Å². The molecule has 1 aliphatic carbocycles. The van der Waals surface area contributed by atoms with Gasteiger partial charge in [-0.2, -0.15) is 18.4 Å². The number of ether oxygens (including phenoxy) is 1. The summed E-state index contributed by atoms with van der Waals surface area (Å²) in [6, 6.07) is 14.2. The molecule has 0 radical (unpaired) electrons. The van der Waals surface area contributed by atoms with Gasteiger partial charge in [0, 0.05) is 68.1 Å². The molecular weight excluding hydrogens is 633 g/mol. The van der Waals surface area contributed by atoms with E-state index in [4.69, 9.17) is 4.74 Å². The van der Waals surface area contributed by atoms with Crippen molar-refractivity contribution in [1.82, 2.24) is 19.4 Å². The fourth-order valence-electron chi connectivity index (χ4n) is 6.62. The van der Waals surface area contributed by atoms with Gasteiger partial charge in [0.2, 0.25) is 5.91 Å². The van der Waals surface area contributed by atoms with Crippen molar-refractivity contribution in [3.63, 3.8) is 0 Å². The Morgan fingerprint density at radius 3 is 2.55 bits per heavy atom. The predicted molar refractivity (Wildman–Crippen MR) is 181 cm³/mol. The largest absolute Gasteiger partial charge is 0.417 e. The number of nitrogens with one attached hydrogen (secondary N) is 2. The molecule has 1 aliphatic rings. The van der Waals surface area contributed by atoms with Gasteiger partial charge >= 0.3 is 6.18 Å². The molecule has 2 N–H and O–H groups in total. The molecule has 1 saturated carbocycles. The zero-order valence-electron chi connectivity index (χ0n) is 27.3. The average molecular weight is 669 g/mol.